The van der Waals surface area contributed by atoms with Crippen molar-refractivity contribution in [2.24, 2.45) is 5.92 Å². The molecule has 0 aromatic carbocycles. The van der Waals surface area contributed by atoms with Crippen molar-refractivity contribution in [2.45, 2.75) is 46.1 Å². The Bertz CT molecular complexity index is 852. The predicted molar refractivity (Wildman–Crippen MR) is 92.1 cm³/mol. The van der Waals surface area contributed by atoms with Gasteiger partial charge >= 0.3 is 0 Å². The zero-order valence-electron chi connectivity index (χ0n) is 14.4. The SMILES string of the molecule is CCc1ccc(C2CC(C)CCN2c2cc(C)nc3ncnn23)o1. The van der Waals surface area contributed by atoms with Gasteiger partial charge < -0.3 is 9.32 Å². The first-order chi connectivity index (χ1) is 11.7. The van der Waals surface area contributed by atoms with Gasteiger partial charge in [-0.1, -0.05) is 13.8 Å². The van der Waals surface area contributed by atoms with Gasteiger partial charge in [0.1, 0.15) is 23.7 Å². The lowest BCUT2D eigenvalue weighted by atomic mass is 9.91. The monoisotopic (exact) mass is 325 g/mol. The van der Waals surface area contributed by atoms with Gasteiger partial charge in [0, 0.05) is 24.7 Å². The van der Waals surface area contributed by atoms with Gasteiger partial charge in [0.2, 0.25) is 0 Å². The summed E-state index contributed by atoms with van der Waals surface area (Å²) in [6, 6.07) is 6.54. The highest BCUT2D eigenvalue weighted by Gasteiger charge is 2.31. The van der Waals surface area contributed by atoms with Crippen molar-refractivity contribution in [3.63, 3.8) is 0 Å². The van der Waals surface area contributed by atoms with E-state index in [1.807, 2.05) is 11.4 Å². The Kier molecular flexibility index (Phi) is 3.75. The second kappa shape index (κ2) is 5.92. The van der Waals surface area contributed by atoms with Crippen LogP contribution in [0.1, 0.15) is 49.9 Å². The summed E-state index contributed by atoms with van der Waals surface area (Å²) in [6.07, 6.45) is 4.72. The fraction of sp³-hybridized carbons (Fsp3) is 0.500. The van der Waals surface area contributed by atoms with E-state index in [-0.39, 0.29) is 6.04 Å². The number of hydrogen-bond acceptors (Lipinski definition) is 5. The highest BCUT2D eigenvalue weighted by atomic mass is 16.3. The van der Waals surface area contributed by atoms with E-state index in [1.54, 1.807) is 6.33 Å². The quantitative estimate of drug-likeness (QED) is 0.737. The standard InChI is InChI=1S/C18H23N5O/c1-4-14-5-6-16(24-14)15-9-12(2)7-8-22(15)17-10-13(3)21-18-19-11-20-23(17)18/h5-6,10-12,15H,4,7-9H2,1-3H3. The van der Waals surface area contributed by atoms with E-state index in [9.17, 15) is 0 Å². The molecular formula is C18H23N5O. The molecule has 1 aliphatic heterocycles. The van der Waals surface area contributed by atoms with E-state index in [0.29, 0.717) is 11.7 Å². The minimum atomic E-state index is 0.225. The second-order valence-corrected chi connectivity index (χ2v) is 6.72. The summed E-state index contributed by atoms with van der Waals surface area (Å²) in [5.41, 5.74) is 0.955. The molecule has 1 saturated heterocycles. The van der Waals surface area contributed by atoms with Crippen molar-refractivity contribution < 1.29 is 4.42 Å². The number of furan rings is 1. The molecule has 126 valence electrons. The third-order valence-electron chi connectivity index (χ3n) is 4.88. The van der Waals surface area contributed by atoms with Gasteiger partial charge in [-0.05, 0) is 37.8 Å². The highest BCUT2D eigenvalue weighted by Crippen LogP contribution is 2.38. The van der Waals surface area contributed by atoms with Crippen LogP contribution in [-0.4, -0.2) is 26.1 Å². The Labute approximate surface area is 141 Å². The molecular weight excluding hydrogens is 302 g/mol. The van der Waals surface area contributed by atoms with Gasteiger partial charge in [-0.15, -0.1) is 0 Å². The second-order valence-electron chi connectivity index (χ2n) is 6.72. The number of nitrogens with zero attached hydrogens (tertiary/aromatic N) is 5. The van der Waals surface area contributed by atoms with Crippen molar-refractivity contribution in [3.8, 4) is 0 Å². The molecule has 4 rings (SSSR count). The van der Waals surface area contributed by atoms with Crippen LogP contribution >= 0.6 is 0 Å². The van der Waals surface area contributed by atoms with Crippen LogP contribution in [0.4, 0.5) is 5.82 Å². The molecule has 1 aliphatic rings. The Morgan fingerprint density at radius 2 is 2.21 bits per heavy atom. The van der Waals surface area contributed by atoms with Crippen LogP contribution in [0.2, 0.25) is 0 Å². The molecule has 1 fully saturated rings. The Morgan fingerprint density at radius 3 is 3.00 bits per heavy atom. The molecule has 0 amide bonds. The Morgan fingerprint density at radius 1 is 1.33 bits per heavy atom. The molecule has 6 heteroatoms. The zero-order chi connectivity index (χ0) is 16.7. The third kappa shape index (κ3) is 2.56. The summed E-state index contributed by atoms with van der Waals surface area (Å²) in [4.78, 5) is 11.1. The first-order valence-electron chi connectivity index (χ1n) is 8.68. The van der Waals surface area contributed by atoms with Gasteiger partial charge in [-0.3, -0.25) is 0 Å². The number of hydrogen-bond donors (Lipinski definition) is 0. The van der Waals surface area contributed by atoms with Crippen LogP contribution in [0.15, 0.2) is 28.9 Å². The van der Waals surface area contributed by atoms with Crippen LogP contribution in [-0.2, 0) is 6.42 Å². The largest absolute Gasteiger partial charge is 0.464 e. The number of fused-ring (bicyclic) bond motifs is 1. The van der Waals surface area contributed by atoms with Crippen LogP contribution in [0.5, 0.6) is 0 Å². The summed E-state index contributed by atoms with van der Waals surface area (Å²) < 4.78 is 7.93. The van der Waals surface area contributed by atoms with Gasteiger partial charge in [0.25, 0.3) is 5.78 Å². The summed E-state index contributed by atoms with van der Waals surface area (Å²) >= 11 is 0. The number of aromatic nitrogens is 4. The summed E-state index contributed by atoms with van der Waals surface area (Å²) in [7, 11) is 0. The molecule has 0 N–H and O–H groups in total. The molecule has 0 bridgehead atoms. The van der Waals surface area contributed by atoms with Gasteiger partial charge in [0.05, 0.1) is 6.04 Å². The van der Waals surface area contributed by atoms with Gasteiger partial charge in [0.15, 0.2) is 0 Å². The maximum Gasteiger partial charge on any atom is 0.254 e. The molecule has 0 aliphatic carbocycles. The average molecular weight is 325 g/mol. The smallest absolute Gasteiger partial charge is 0.254 e. The van der Waals surface area contributed by atoms with Gasteiger partial charge in [-0.25, -0.2) is 4.98 Å². The molecule has 0 radical (unpaired) electrons. The molecule has 2 atom stereocenters. The summed E-state index contributed by atoms with van der Waals surface area (Å²) in [6.45, 7) is 7.42. The summed E-state index contributed by atoms with van der Waals surface area (Å²) in [5.74, 6) is 4.45. The first kappa shape index (κ1) is 15.2. The maximum atomic E-state index is 6.09. The predicted octanol–water partition coefficient (Wildman–Crippen LogP) is 3.57. The van der Waals surface area contributed by atoms with E-state index in [4.69, 9.17) is 4.42 Å². The number of piperidine rings is 1. The number of anilines is 1. The molecule has 3 aromatic rings. The number of aryl methyl sites for hydroxylation is 2. The maximum absolute atomic E-state index is 6.09. The lowest BCUT2D eigenvalue weighted by Crippen LogP contribution is -2.37. The molecule has 24 heavy (non-hydrogen) atoms. The lowest BCUT2D eigenvalue weighted by Gasteiger charge is -2.38. The highest BCUT2D eigenvalue weighted by molar-refractivity contribution is 5.49. The lowest BCUT2D eigenvalue weighted by molar-refractivity contribution is 0.320. The molecule has 0 saturated carbocycles. The van der Waals surface area contributed by atoms with Crippen molar-refractivity contribution in [3.05, 3.63) is 41.7 Å². The third-order valence-corrected chi connectivity index (χ3v) is 4.88. The van der Waals surface area contributed by atoms with Crippen molar-refractivity contribution in [1.82, 2.24) is 19.6 Å². The molecule has 0 spiro atoms. The topological polar surface area (TPSA) is 59.5 Å². The van der Waals surface area contributed by atoms with E-state index in [2.05, 4.69) is 52.0 Å². The van der Waals surface area contributed by atoms with E-state index in [1.165, 1.54) is 0 Å². The Balaban J connectivity index is 1.79. The zero-order valence-corrected chi connectivity index (χ0v) is 14.4. The van der Waals surface area contributed by atoms with Crippen molar-refractivity contribution in [1.29, 1.82) is 0 Å². The minimum Gasteiger partial charge on any atom is -0.464 e. The average Bonchev–Trinajstić information content (AvgIpc) is 3.22. The molecule has 2 unspecified atom stereocenters. The fourth-order valence-corrected chi connectivity index (χ4v) is 3.56. The van der Waals surface area contributed by atoms with Crippen LogP contribution in [0.3, 0.4) is 0 Å². The van der Waals surface area contributed by atoms with E-state index in [0.717, 1.165) is 48.8 Å². The van der Waals surface area contributed by atoms with Crippen LogP contribution < -0.4 is 4.90 Å². The Hall–Kier alpha value is -2.37. The van der Waals surface area contributed by atoms with Gasteiger partial charge in [-0.2, -0.15) is 14.6 Å². The fourth-order valence-electron chi connectivity index (χ4n) is 3.56. The molecule has 6 nitrogen and oxygen atoms in total. The number of rotatable bonds is 3. The normalized spacial score (nSPS) is 21.5. The van der Waals surface area contributed by atoms with Crippen molar-refractivity contribution in [2.75, 3.05) is 11.4 Å². The van der Waals surface area contributed by atoms with E-state index < -0.39 is 0 Å². The van der Waals surface area contributed by atoms with E-state index >= 15 is 0 Å². The first-order valence-corrected chi connectivity index (χ1v) is 8.68. The molecule has 4 heterocycles. The van der Waals surface area contributed by atoms with Crippen molar-refractivity contribution >= 4 is 11.6 Å². The summed E-state index contributed by atoms with van der Waals surface area (Å²) in [5, 5.41) is 4.37. The van der Waals surface area contributed by atoms with Crippen LogP contribution in [0, 0.1) is 12.8 Å². The molecule has 3 aromatic heterocycles. The van der Waals surface area contributed by atoms with Crippen LogP contribution in [0.25, 0.3) is 5.78 Å². The minimum absolute atomic E-state index is 0.225.